The molecule has 0 fully saturated rings. The lowest BCUT2D eigenvalue weighted by Crippen LogP contribution is -2.46. The molecule has 0 saturated carbocycles. The smallest absolute Gasteiger partial charge is 0.408 e. The van der Waals surface area contributed by atoms with Gasteiger partial charge in [0.15, 0.2) is 6.04 Å². The SMILES string of the molecule is CC(=O)OC[C@H](NC(=O)OC(C)(C)C)C(=O)O. The lowest BCUT2D eigenvalue weighted by Gasteiger charge is -2.21. The molecule has 98 valence electrons. The van der Waals surface area contributed by atoms with Gasteiger partial charge in [-0.25, -0.2) is 9.59 Å². The van der Waals surface area contributed by atoms with Crippen molar-refractivity contribution in [2.24, 2.45) is 0 Å². The van der Waals surface area contributed by atoms with Gasteiger partial charge < -0.3 is 19.9 Å². The molecule has 2 N–H and O–H groups in total. The maximum absolute atomic E-state index is 11.3. The van der Waals surface area contributed by atoms with Crippen LogP contribution in [-0.4, -0.2) is 41.4 Å². The van der Waals surface area contributed by atoms with E-state index in [1.165, 1.54) is 0 Å². The quantitative estimate of drug-likeness (QED) is 0.702. The van der Waals surface area contributed by atoms with E-state index in [-0.39, 0.29) is 0 Å². The molecule has 7 nitrogen and oxygen atoms in total. The number of amides is 1. The second-order valence-corrected chi connectivity index (χ2v) is 4.34. The molecule has 0 aliphatic carbocycles. The highest BCUT2D eigenvalue weighted by atomic mass is 16.6. The lowest BCUT2D eigenvalue weighted by atomic mass is 10.2. The first-order valence-electron chi connectivity index (χ1n) is 4.97. The molecule has 0 unspecified atom stereocenters. The molecule has 0 radical (unpaired) electrons. The number of esters is 1. The van der Waals surface area contributed by atoms with E-state index in [9.17, 15) is 14.4 Å². The van der Waals surface area contributed by atoms with E-state index in [0.717, 1.165) is 6.92 Å². The van der Waals surface area contributed by atoms with E-state index in [1.54, 1.807) is 20.8 Å². The predicted molar refractivity (Wildman–Crippen MR) is 57.4 cm³/mol. The number of carbonyl (C=O) groups is 3. The van der Waals surface area contributed by atoms with Crippen molar-refractivity contribution >= 4 is 18.0 Å². The van der Waals surface area contributed by atoms with E-state index in [1.807, 2.05) is 0 Å². The summed E-state index contributed by atoms with van der Waals surface area (Å²) in [4.78, 5) is 32.6. The normalized spacial score (nSPS) is 12.5. The van der Waals surface area contributed by atoms with Crippen molar-refractivity contribution in [2.75, 3.05) is 6.61 Å². The molecule has 1 amide bonds. The molecule has 17 heavy (non-hydrogen) atoms. The third kappa shape index (κ3) is 8.06. The van der Waals surface area contributed by atoms with Crippen molar-refractivity contribution in [3.63, 3.8) is 0 Å². The molecule has 0 saturated heterocycles. The van der Waals surface area contributed by atoms with Crippen LogP contribution in [0.15, 0.2) is 0 Å². The maximum atomic E-state index is 11.3. The first kappa shape index (κ1) is 15.2. The van der Waals surface area contributed by atoms with Crippen LogP contribution in [0.2, 0.25) is 0 Å². The van der Waals surface area contributed by atoms with Crippen LogP contribution >= 0.6 is 0 Å². The van der Waals surface area contributed by atoms with Gasteiger partial charge in [0.25, 0.3) is 0 Å². The minimum atomic E-state index is -1.33. The zero-order valence-electron chi connectivity index (χ0n) is 10.3. The number of carboxylic acids is 1. The van der Waals surface area contributed by atoms with Gasteiger partial charge in [-0.15, -0.1) is 0 Å². The highest BCUT2D eigenvalue weighted by Crippen LogP contribution is 2.06. The van der Waals surface area contributed by atoms with Crippen LogP contribution < -0.4 is 5.32 Å². The monoisotopic (exact) mass is 247 g/mol. The summed E-state index contributed by atoms with van der Waals surface area (Å²) in [6, 6.07) is -1.33. The van der Waals surface area contributed by atoms with Crippen LogP contribution in [0, 0.1) is 0 Å². The molecule has 7 heteroatoms. The van der Waals surface area contributed by atoms with E-state index >= 15 is 0 Å². The molecule has 0 aliphatic rings. The van der Waals surface area contributed by atoms with Crippen LogP contribution in [0.5, 0.6) is 0 Å². The second-order valence-electron chi connectivity index (χ2n) is 4.34. The summed E-state index contributed by atoms with van der Waals surface area (Å²) in [7, 11) is 0. The fourth-order valence-electron chi connectivity index (χ4n) is 0.825. The molecule has 0 aliphatic heterocycles. The average molecular weight is 247 g/mol. The summed E-state index contributed by atoms with van der Waals surface area (Å²) in [5.74, 6) is -1.93. The highest BCUT2D eigenvalue weighted by Gasteiger charge is 2.24. The number of aliphatic carboxylic acids is 1. The first-order valence-corrected chi connectivity index (χ1v) is 4.97. The Morgan fingerprint density at radius 3 is 2.18 bits per heavy atom. The molecular formula is C10H17NO6. The topological polar surface area (TPSA) is 102 Å². The highest BCUT2D eigenvalue weighted by molar-refractivity contribution is 5.80. The van der Waals surface area contributed by atoms with E-state index in [4.69, 9.17) is 9.84 Å². The molecule has 1 atom stereocenters. The summed E-state index contributed by atoms with van der Waals surface area (Å²) in [5.41, 5.74) is -0.728. The van der Waals surface area contributed by atoms with Crippen LogP contribution in [0.4, 0.5) is 4.79 Å². The predicted octanol–water partition coefficient (Wildman–Crippen LogP) is 0.527. The number of hydrogen-bond donors (Lipinski definition) is 2. The van der Waals surface area contributed by atoms with Gasteiger partial charge in [-0.3, -0.25) is 4.79 Å². The Morgan fingerprint density at radius 2 is 1.82 bits per heavy atom. The van der Waals surface area contributed by atoms with E-state index in [2.05, 4.69) is 10.1 Å². The molecule has 0 bridgehead atoms. The number of rotatable bonds is 4. The van der Waals surface area contributed by atoms with Gasteiger partial charge in [0.1, 0.15) is 12.2 Å². The molecule has 0 aromatic heterocycles. The van der Waals surface area contributed by atoms with Gasteiger partial charge in [0.05, 0.1) is 0 Å². The van der Waals surface area contributed by atoms with Crippen molar-refractivity contribution in [1.29, 1.82) is 0 Å². The Balaban J connectivity index is 4.30. The number of ether oxygens (including phenoxy) is 2. The third-order valence-electron chi connectivity index (χ3n) is 1.44. The van der Waals surface area contributed by atoms with Crippen molar-refractivity contribution < 1.29 is 29.0 Å². The van der Waals surface area contributed by atoms with Crippen LogP contribution in [-0.2, 0) is 19.1 Å². The fraction of sp³-hybridized carbons (Fsp3) is 0.700. The summed E-state index contributed by atoms with van der Waals surface area (Å²) < 4.78 is 9.38. The molecule has 0 spiro atoms. The molecule has 0 rings (SSSR count). The van der Waals surface area contributed by atoms with Gasteiger partial charge in [0.2, 0.25) is 0 Å². The third-order valence-corrected chi connectivity index (χ3v) is 1.44. The Kier molecular flexibility index (Phi) is 5.43. The zero-order chi connectivity index (χ0) is 13.6. The van der Waals surface area contributed by atoms with Crippen LogP contribution in [0.3, 0.4) is 0 Å². The van der Waals surface area contributed by atoms with Gasteiger partial charge in [-0.05, 0) is 20.8 Å². The Bertz CT molecular complexity index is 306. The zero-order valence-corrected chi connectivity index (χ0v) is 10.3. The van der Waals surface area contributed by atoms with Gasteiger partial charge in [-0.2, -0.15) is 0 Å². The first-order chi connectivity index (χ1) is 7.61. The second kappa shape index (κ2) is 6.07. The number of nitrogens with one attached hydrogen (secondary N) is 1. The number of carboxylic acid groups (broad SMARTS) is 1. The Morgan fingerprint density at radius 1 is 1.29 bits per heavy atom. The van der Waals surface area contributed by atoms with E-state index < -0.39 is 36.3 Å². The summed E-state index contributed by atoms with van der Waals surface area (Å²) in [5, 5.41) is 10.9. The number of carbonyl (C=O) groups excluding carboxylic acids is 2. The summed E-state index contributed by atoms with van der Waals surface area (Å²) in [6.45, 7) is 5.65. The Hall–Kier alpha value is -1.79. The van der Waals surface area contributed by atoms with Gasteiger partial charge in [-0.1, -0.05) is 0 Å². The fourth-order valence-corrected chi connectivity index (χ4v) is 0.825. The van der Waals surface area contributed by atoms with Crippen molar-refractivity contribution in [1.82, 2.24) is 5.32 Å². The van der Waals surface area contributed by atoms with E-state index in [0.29, 0.717) is 0 Å². The summed E-state index contributed by atoms with van der Waals surface area (Å²) in [6.07, 6.45) is -0.878. The standard InChI is InChI=1S/C10H17NO6/c1-6(12)16-5-7(8(13)14)11-9(15)17-10(2,3)4/h7H,5H2,1-4H3,(H,11,15)(H,13,14)/t7-/m0/s1. The number of hydrogen-bond acceptors (Lipinski definition) is 5. The van der Waals surface area contributed by atoms with Crippen LogP contribution in [0.25, 0.3) is 0 Å². The van der Waals surface area contributed by atoms with Gasteiger partial charge in [0, 0.05) is 6.92 Å². The van der Waals surface area contributed by atoms with Crippen molar-refractivity contribution in [2.45, 2.75) is 39.3 Å². The van der Waals surface area contributed by atoms with Crippen molar-refractivity contribution in [3.05, 3.63) is 0 Å². The van der Waals surface area contributed by atoms with Crippen LogP contribution in [0.1, 0.15) is 27.7 Å². The van der Waals surface area contributed by atoms with Crippen molar-refractivity contribution in [3.8, 4) is 0 Å². The largest absolute Gasteiger partial charge is 0.480 e. The minimum Gasteiger partial charge on any atom is -0.480 e. The molecule has 0 heterocycles. The maximum Gasteiger partial charge on any atom is 0.408 e. The van der Waals surface area contributed by atoms with Gasteiger partial charge >= 0.3 is 18.0 Å². The molecule has 0 aromatic rings. The average Bonchev–Trinajstić information content (AvgIpc) is 2.08. The minimum absolute atomic E-state index is 0.441. The summed E-state index contributed by atoms with van der Waals surface area (Å²) >= 11 is 0. The number of alkyl carbamates (subject to hydrolysis) is 1. The molecule has 0 aromatic carbocycles. The Labute approximate surface area is 99.1 Å². The lowest BCUT2D eigenvalue weighted by molar-refractivity contribution is -0.147. The molecular weight excluding hydrogens is 230 g/mol.